The number of nitrogens with zero attached hydrogens (tertiary/aromatic N) is 2. The minimum absolute atomic E-state index is 0.0127. The van der Waals surface area contributed by atoms with E-state index < -0.39 is 0 Å². The molecule has 118 valence electrons. The van der Waals surface area contributed by atoms with Crippen LogP contribution in [0.1, 0.15) is 11.1 Å². The van der Waals surface area contributed by atoms with E-state index in [4.69, 9.17) is 5.26 Å². The highest BCUT2D eigenvalue weighted by Gasteiger charge is 2.04. The number of amides is 1. The predicted octanol–water partition coefficient (Wildman–Crippen LogP) is 3.50. The Morgan fingerprint density at radius 3 is 2.35 bits per heavy atom. The van der Waals surface area contributed by atoms with Crippen molar-refractivity contribution in [1.82, 2.24) is 0 Å². The van der Waals surface area contributed by atoms with Gasteiger partial charge in [0.2, 0.25) is 5.91 Å². The molecule has 0 aliphatic heterocycles. The lowest BCUT2D eigenvalue weighted by molar-refractivity contribution is -0.113. The molecule has 0 heterocycles. The van der Waals surface area contributed by atoms with Crippen LogP contribution >= 0.6 is 11.8 Å². The Bertz CT molecular complexity index is 688. The number of hydrogen-bond acceptors (Lipinski definition) is 4. The van der Waals surface area contributed by atoms with Gasteiger partial charge in [0.25, 0.3) is 0 Å². The molecule has 0 aromatic heterocycles. The fraction of sp³-hybridized carbons (Fsp3) is 0.222. The van der Waals surface area contributed by atoms with Gasteiger partial charge in [-0.05, 0) is 42.0 Å². The summed E-state index contributed by atoms with van der Waals surface area (Å²) in [6, 6.07) is 17.3. The van der Waals surface area contributed by atoms with Crippen LogP contribution in [0.4, 0.5) is 11.4 Å². The van der Waals surface area contributed by atoms with Crippen molar-refractivity contribution in [2.24, 2.45) is 0 Å². The molecule has 1 N–H and O–H groups in total. The molecule has 0 bridgehead atoms. The quantitative estimate of drug-likeness (QED) is 0.883. The summed E-state index contributed by atoms with van der Waals surface area (Å²) >= 11 is 1.55. The maximum Gasteiger partial charge on any atom is 0.234 e. The third-order valence-corrected chi connectivity index (χ3v) is 4.26. The van der Waals surface area contributed by atoms with Gasteiger partial charge in [0.15, 0.2) is 0 Å². The number of anilines is 2. The molecule has 1 amide bonds. The van der Waals surface area contributed by atoms with Crippen molar-refractivity contribution in [2.75, 3.05) is 30.1 Å². The molecule has 2 aromatic carbocycles. The van der Waals surface area contributed by atoms with Crippen molar-refractivity contribution < 1.29 is 4.79 Å². The number of nitriles is 1. The fourth-order valence-corrected chi connectivity index (χ4v) is 2.76. The lowest BCUT2D eigenvalue weighted by atomic mass is 10.2. The van der Waals surface area contributed by atoms with E-state index in [1.54, 1.807) is 23.9 Å². The Hall–Kier alpha value is -2.45. The summed E-state index contributed by atoms with van der Waals surface area (Å²) in [4.78, 5) is 13.9. The summed E-state index contributed by atoms with van der Waals surface area (Å²) in [7, 11) is 3.96. The van der Waals surface area contributed by atoms with Gasteiger partial charge in [-0.3, -0.25) is 4.79 Å². The highest BCUT2D eigenvalue weighted by molar-refractivity contribution is 7.99. The minimum atomic E-state index is -0.0127. The zero-order valence-electron chi connectivity index (χ0n) is 13.2. The van der Waals surface area contributed by atoms with Crippen molar-refractivity contribution in [3.8, 4) is 6.07 Å². The minimum Gasteiger partial charge on any atom is -0.378 e. The van der Waals surface area contributed by atoms with E-state index in [0.717, 1.165) is 22.7 Å². The highest BCUT2D eigenvalue weighted by atomic mass is 32.2. The van der Waals surface area contributed by atoms with Gasteiger partial charge < -0.3 is 10.2 Å². The third kappa shape index (κ3) is 5.35. The van der Waals surface area contributed by atoms with E-state index >= 15 is 0 Å². The van der Waals surface area contributed by atoms with Crippen molar-refractivity contribution >= 4 is 29.0 Å². The van der Waals surface area contributed by atoms with Crippen molar-refractivity contribution in [3.63, 3.8) is 0 Å². The number of carbonyl (C=O) groups is 1. The molecule has 2 rings (SSSR count). The molecule has 0 unspecified atom stereocenters. The van der Waals surface area contributed by atoms with Crippen LogP contribution in [-0.2, 0) is 10.5 Å². The SMILES string of the molecule is CN(C)c1ccc(NC(=O)CSCc2ccc(C#N)cc2)cc1. The van der Waals surface area contributed by atoms with Crippen LogP contribution in [-0.4, -0.2) is 25.8 Å². The molecule has 4 nitrogen and oxygen atoms in total. The molecule has 0 fully saturated rings. The Kier molecular flexibility index (Phi) is 6.07. The van der Waals surface area contributed by atoms with Crippen LogP contribution < -0.4 is 10.2 Å². The lowest BCUT2D eigenvalue weighted by Crippen LogP contribution is -2.14. The van der Waals surface area contributed by atoms with Crippen LogP contribution in [0, 0.1) is 11.3 Å². The maximum atomic E-state index is 11.9. The average Bonchev–Trinajstić information content (AvgIpc) is 2.56. The van der Waals surface area contributed by atoms with Crippen LogP contribution in [0.15, 0.2) is 48.5 Å². The van der Waals surface area contributed by atoms with Gasteiger partial charge in [-0.25, -0.2) is 0 Å². The van der Waals surface area contributed by atoms with Crippen molar-refractivity contribution in [1.29, 1.82) is 5.26 Å². The largest absolute Gasteiger partial charge is 0.378 e. The van der Waals surface area contributed by atoms with Crippen LogP contribution in [0.25, 0.3) is 0 Å². The summed E-state index contributed by atoms with van der Waals surface area (Å²) in [5.74, 6) is 1.13. The molecule has 0 aliphatic carbocycles. The first kappa shape index (κ1) is 16.9. The maximum absolute atomic E-state index is 11.9. The predicted molar refractivity (Wildman–Crippen MR) is 96.7 cm³/mol. The average molecular weight is 325 g/mol. The molecule has 23 heavy (non-hydrogen) atoms. The topological polar surface area (TPSA) is 56.1 Å². The molecule has 0 saturated heterocycles. The molecule has 0 spiro atoms. The fourth-order valence-electron chi connectivity index (χ4n) is 1.98. The third-order valence-electron chi connectivity index (χ3n) is 3.25. The van der Waals surface area contributed by atoms with Gasteiger partial charge in [-0.15, -0.1) is 11.8 Å². The number of nitrogens with one attached hydrogen (secondary N) is 1. The van der Waals surface area contributed by atoms with Gasteiger partial charge >= 0.3 is 0 Å². The lowest BCUT2D eigenvalue weighted by Gasteiger charge is -2.13. The molecule has 0 saturated carbocycles. The van der Waals surface area contributed by atoms with E-state index in [1.165, 1.54) is 0 Å². The van der Waals surface area contributed by atoms with Crippen molar-refractivity contribution in [2.45, 2.75) is 5.75 Å². The molecule has 2 aromatic rings. The molecule has 0 atom stereocenters. The number of rotatable bonds is 6. The zero-order chi connectivity index (χ0) is 16.7. The Morgan fingerprint density at radius 1 is 1.13 bits per heavy atom. The van der Waals surface area contributed by atoms with Crippen LogP contribution in [0.3, 0.4) is 0 Å². The second kappa shape index (κ2) is 8.25. The molecular formula is C18H19N3OS. The molecule has 0 radical (unpaired) electrons. The summed E-state index contributed by atoms with van der Waals surface area (Å²) < 4.78 is 0. The van der Waals surface area contributed by atoms with Crippen LogP contribution in [0.2, 0.25) is 0 Å². The number of benzene rings is 2. The van der Waals surface area contributed by atoms with E-state index in [1.807, 2.05) is 55.4 Å². The van der Waals surface area contributed by atoms with Gasteiger partial charge in [0.1, 0.15) is 0 Å². The number of thioether (sulfide) groups is 1. The Morgan fingerprint density at radius 2 is 1.78 bits per heavy atom. The summed E-state index contributed by atoms with van der Waals surface area (Å²) in [5, 5.41) is 11.6. The molecular weight excluding hydrogens is 306 g/mol. The first-order valence-corrected chi connectivity index (χ1v) is 8.38. The van der Waals surface area contributed by atoms with Crippen molar-refractivity contribution in [3.05, 3.63) is 59.7 Å². The molecule has 0 aliphatic rings. The van der Waals surface area contributed by atoms with Gasteiger partial charge in [0.05, 0.1) is 17.4 Å². The van der Waals surface area contributed by atoms with Gasteiger partial charge in [-0.1, -0.05) is 12.1 Å². The first-order valence-electron chi connectivity index (χ1n) is 7.22. The summed E-state index contributed by atoms with van der Waals surface area (Å²) in [6.45, 7) is 0. The van der Waals surface area contributed by atoms with Gasteiger partial charge in [0, 0.05) is 31.2 Å². The first-order chi connectivity index (χ1) is 11.1. The number of hydrogen-bond donors (Lipinski definition) is 1. The van der Waals surface area contributed by atoms with E-state index in [2.05, 4.69) is 11.4 Å². The second-order valence-corrected chi connectivity index (χ2v) is 6.28. The molecule has 5 heteroatoms. The second-order valence-electron chi connectivity index (χ2n) is 5.29. The number of carbonyl (C=O) groups excluding carboxylic acids is 1. The Labute approximate surface area is 141 Å². The summed E-state index contributed by atoms with van der Waals surface area (Å²) in [6.07, 6.45) is 0. The zero-order valence-corrected chi connectivity index (χ0v) is 14.1. The van der Waals surface area contributed by atoms with E-state index in [0.29, 0.717) is 11.3 Å². The van der Waals surface area contributed by atoms with E-state index in [-0.39, 0.29) is 5.91 Å². The summed E-state index contributed by atoms with van der Waals surface area (Å²) in [5.41, 5.74) is 3.66. The van der Waals surface area contributed by atoms with E-state index in [9.17, 15) is 4.79 Å². The monoisotopic (exact) mass is 325 g/mol. The standard InChI is InChI=1S/C18H19N3OS/c1-21(2)17-9-7-16(8-10-17)20-18(22)13-23-12-15-5-3-14(11-19)4-6-15/h3-10H,12-13H2,1-2H3,(H,20,22). The highest BCUT2D eigenvalue weighted by Crippen LogP contribution is 2.17. The smallest absolute Gasteiger partial charge is 0.234 e. The normalized spacial score (nSPS) is 9.96. The Balaban J connectivity index is 1.77. The van der Waals surface area contributed by atoms with Gasteiger partial charge in [-0.2, -0.15) is 5.26 Å². The van der Waals surface area contributed by atoms with Crippen LogP contribution in [0.5, 0.6) is 0 Å².